The molecule has 7 heteroatoms. The van der Waals surface area contributed by atoms with Crippen molar-refractivity contribution in [3.8, 4) is 17.0 Å². The summed E-state index contributed by atoms with van der Waals surface area (Å²) in [5, 5.41) is 10.4. The molecule has 1 heterocycles. The number of methoxy groups -OCH3 is 1. The first-order valence-corrected chi connectivity index (χ1v) is 9.70. The summed E-state index contributed by atoms with van der Waals surface area (Å²) in [6.07, 6.45) is 0.404. The molecule has 29 heavy (non-hydrogen) atoms. The number of nitrogens with zero attached hydrogens (tertiary/aromatic N) is 1. The van der Waals surface area contributed by atoms with E-state index in [9.17, 15) is 14.7 Å². The maximum absolute atomic E-state index is 12.8. The molecule has 2 aromatic carbocycles. The Morgan fingerprint density at radius 1 is 1.10 bits per heavy atom. The van der Waals surface area contributed by atoms with Crippen molar-refractivity contribution in [2.45, 2.75) is 19.9 Å². The Morgan fingerprint density at radius 2 is 1.83 bits per heavy atom. The van der Waals surface area contributed by atoms with Crippen LogP contribution >= 0.6 is 23.2 Å². The Balaban J connectivity index is 2.29. The molecule has 0 unspecified atom stereocenters. The Labute approximate surface area is 178 Å². The van der Waals surface area contributed by atoms with Gasteiger partial charge in [-0.25, -0.2) is 4.79 Å². The zero-order valence-electron chi connectivity index (χ0n) is 15.9. The number of carboxylic acid groups (broad SMARTS) is 1. The van der Waals surface area contributed by atoms with E-state index in [1.165, 1.54) is 6.07 Å². The molecule has 0 radical (unpaired) electrons. The molecule has 0 amide bonds. The van der Waals surface area contributed by atoms with Gasteiger partial charge in [0.1, 0.15) is 11.3 Å². The lowest BCUT2D eigenvalue weighted by Gasteiger charge is -2.20. The van der Waals surface area contributed by atoms with E-state index in [4.69, 9.17) is 27.9 Å². The van der Waals surface area contributed by atoms with Crippen molar-refractivity contribution in [1.29, 1.82) is 0 Å². The molecule has 0 aliphatic rings. The van der Waals surface area contributed by atoms with Crippen molar-refractivity contribution >= 4 is 29.2 Å². The summed E-state index contributed by atoms with van der Waals surface area (Å²) in [5.41, 5.74) is 1.52. The van der Waals surface area contributed by atoms with Crippen LogP contribution in [0, 0.1) is 0 Å². The molecule has 0 aliphatic carbocycles. The van der Waals surface area contributed by atoms with E-state index in [2.05, 4.69) is 0 Å². The quantitative estimate of drug-likeness (QED) is 0.586. The third-order valence-electron chi connectivity index (χ3n) is 4.68. The molecule has 0 atom stereocenters. The molecule has 1 N–H and O–H groups in total. The van der Waals surface area contributed by atoms with Crippen LogP contribution < -0.4 is 10.2 Å². The maximum atomic E-state index is 12.8. The number of benzene rings is 2. The van der Waals surface area contributed by atoms with Crippen molar-refractivity contribution in [3.63, 3.8) is 0 Å². The summed E-state index contributed by atoms with van der Waals surface area (Å²) in [4.78, 5) is 24.7. The summed E-state index contributed by atoms with van der Waals surface area (Å²) in [5.74, 6) is -0.594. The predicted octanol–water partition coefficient (Wildman–Crippen LogP) is 5.14. The SMILES string of the molecule is CCn1c(Cc2ccccc2OC)cc(=O)c(C(=O)O)c1-c1ccc(Cl)c(Cl)c1. The van der Waals surface area contributed by atoms with Crippen molar-refractivity contribution in [3.05, 3.63) is 85.6 Å². The molecule has 0 spiro atoms. The van der Waals surface area contributed by atoms with Crippen molar-refractivity contribution in [2.75, 3.05) is 7.11 Å². The first kappa shape index (κ1) is 21.0. The van der Waals surface area contributed by atoms with Gasteiger partial charge in [0.2, 0.25) is 0 Å². The van der Waals surface area contributed by atoms with Gasteiger partial charge in [0.15, 0.2) is 5.43 Å². The van der Waals surface area contributed by atoms with Crippen LogP contribution in [0.15, 0.2) is 53.3 Å². The van der Waals surface area contributed by atoms with Crippen LogP contribution in [-0.2, 0) is 13.0 Å². The van der Waals surface area contributed by atoms with Crippen LogP contribution in [-0.4, -0.2) is 22.8 Å². The summed E-state index contributed by atoms with van der Waals surface area (Å²) < 4.78 is 7.23. The Kier molecular flexibility index (Phi) is 6.30. The number of ether oxygens (including phenoxy) is 1. The average molecular weight is 432 g/mol. The van der Waals surface area contributed by atoms with Crippen LogP contribution in [0.4, 0.5) is 0 Å². The Hall–Kier alpha value is -2.76. The summed E-state index contributed by atoms with van der Waals surface area (Å²) in [6, 6.07) is 13.7. The lowest BCUT2D eigenvalue weighted by atomic mass is 10.0. The molecule has 5 nitrogen and oxygen atoms in total. The van der Waals surface area contributed by atoms with Crippen LogP contribution in [0.5, 0.6) is 5.75 Å². The molecule has 0 fully saturated rings. The second-order valence-electron chi connectivity index (χ2n) is 6.39. The van der Waals surface area contributed by atoms with E-state index in [1.54, 1.807) is 25.3 Å². The molecule has 0 saturated heterocycles. The first-order chi connectivity index (χ1) is 13.9. The van der Waals surface area contributed by atoms with Gasteiger partial charge in [-0.15, -0.1) is 0 Å². The van der Waals surface area contributed by atoms with E-state index in [-0.39, 0.29) is 10.6 Å². The molecule has 0 bridgehead atoms. The van der Waals surface area contributed by atoms with E-state index in [0.717, 1.165) is 5.56 Å². The summed E-state index contributed by atoms with van der Waals surface area (Å²) in [7, 11) is 1.58. The van der Waals surface area contributed by atoms with Crippen molar-refractivity contribution in [1.82, 2.24) is 4.57 Å². The number of hydrogen-bond donors (Lipinski definition) is 1. The largest absolute Gasteiger partial charge is 0.496 e. The number of rotatable bonds is 6. The number of pyridine rings is 1. The van der Waals surface area contributed by atoms with Gasteiger partial charge < -0.3 is 14.4 Å². The van der Waals surface area contributed by atoms with Gasteiger partial charge in [0.05, 0.1) is 22.8 Å². The van der Waals surface area contributed by atoms with Gasteiger partial charge >= 0.3 is 5.97 Å². The number of aromatic carboxylic acids is 1. The monoisotopic (exact) mass is 431 g/mol. The number of para-hydroxylation sites is 1. The standard InChI is InChI=1S/C22H19Cl2NO4/c1-3-25-15(10-13-6-4-5-7-19(13)29-2)12-18(26)20(22(27)28)21(25)14-8-9-16(23)17(24)11-14/h4-9,11-12H,3,10H2,1-2H3,(H,27,28). The minimum absolute atomic E-state index is 0.283. The second-order valence-corrected chi connectivity index (χ2v) is 7.20. The highest BCUT2D eigenvalue weighted by Crippen LogP contribution is 2.31. The molecule has 0 aliphatic heterocycles. The van der Waals surface area contributed by atoms with Crippen LogP contribution in [0.2, 0.25) is 10.0 Å². The second kappa shape index (κ2) is 8.72. The number of aromatic nitrogens is 1. The number of carboxylic acids is 1. The number of halogens is 2. The molecule has 0 saturated carbocycles. The van der Waals surface area contributed by atoms with Gasteiger partial charge in [-0.05, 0) is 30.7 Å². The molecule has 3 rings (SSSR count). The number of carbonyl (C=O) groups is 1. The molecule has 3 aromatic rings. The Morgan fingerprint density at radius 3 is 2.45 bits per heavy atom. The van der Waals surface area contributed by atoms with Crippen LogP contribution in [0.3, 0.4) is 0 Å². The molecule has 1 aromatic heterocycles. The highest BCUT2D eigenvalue weighted by atomic mass is 35.5. The third-order valence-corrected chi connectivity index (χ3v) is 5.42. The van der Waals surface area contributed by atoms with Gasteiger partial charge in [-0.3, -0.25) is 4.79 Å². The summed E-state index contributed by atoms with van der Waals surface area (Å²) >= 11 is 12.2. The first-order valence-electron chi connectivity index (χ1n) is 8.94. The fourth-order valence-electron chi connectivity index (χ4n) is 3.40. The Bertz CT molecular complexity index is 1140. The lowest BCUT2D eigenvalue weighted by molar-refractivity contribution is 0.0695. The predicted molar refractivity (Wildman–Crippen MR) is 115 cm³/mol. The smallest absolute Gasteiger partial charge is 0.341 e. The van der Waals surface area contributed by atoms with E-state index >= 15 is 0 Å². The lowest BCUT2D eigenvalue weighted by Crippen LogP contribution is -2.23. The van der Waals surface area contributed by atoms with E-state index in [0.29, 0.717) is 40.7 Å². The molecular weight excluding hydrogens is 413 g/mol. The normalized spacial score (nSPS) is 10.8. The maximum Gasteiger partial charge on any atom is 0.341 e. The minimum atomic E-state index is -1.29. The van der Waals surface area contributed by atoms with Crippen molar-refractivity contribution < 1.29 is 14.6 Å². The number of hydrogen-bond acceptors (Lipinski definition) is 3. The van der Waals surface area contributed by atoms with Gasteiger partial charge in [-0.2, -0.15) is 0 Å². The van der Waals surface area contributed by atoms with Crippen LogP contribution in [0.25, 0.3) is 11.3 Å². The fraction of sp³-hybridized carbons (Fsp3) is 0.182. The van der Waals surface area contributed by atoms with E-state index in [1.807, 2.05) is 35.8 Å². The van der Waals surface area contributed by atoms with Gasteiger partial charge in [0, 0.05) is 30.3 Å². The fourth-order valence-corrected chi connectivity index (χ4v) is 3.70. The summed E-state index contributed by atoms with van der Waals surface area (Å²) in [6.45, 7) is 2.35. The third kappa shape index (κ3) is 4.16. The topological polar surface area (TPSA) is 68.5 Å². The highest BCUT2D eigenvalue weighted by molar-refractivity contribution is 6.42. The highest BCUT2D eigenvalue weighted by Gasteiger charge is 2.22. The van der Waals surface area contributed by atoms with E-state index < -0.39 is 11.4 Å². The molecule has 150 valence electrons. The van der Waals surface area contributed by atoms with Crippen molar-refractivity contribution in [2.24, 2.45) is 0 Å². The molecular formula is C22H19Cl2NO4. The zero-order valence-corrected chi connectivity index (χ0v) is 17.4. The average Bonchev–Trinajstić information content (AvgIpc) is 2.69. The van der Waals surface area contributed by atoms with Gasteiger partial charge in [-0.1, -0.05) is 47.5 Å². The zero-order chi connectivity index (χ0) is 21.1. The minimum Gasteiger partial charge on any atom is -0.496 e. The van der Waals surface area contributed by atoms with Crippen LogP contribution in [0.1, 0.15) is 28.5 Å². The van der Waals surface area contributed by atoms with Gasteiger partial charge in [0.25, 0.3) is 0 Å².